The summed E-state index contributed by atoms with van der Waals surface area (Å²) >= 11 is 0. The van der Waals surface area contributed by atoms with Crippen LogP contribution in [0.5, 0.6) is 0 Å². The van der Waals surface area contributed by atoms with Crippen molar-refractivity contribution in [3.63, 3.8) is 0 Å². The number of carbonyl (C=O) groups is 2. The summed E-state index contributed by atoms with van der Waals surface area (Å²) in [6, 6.07) is 9.11. The highest BCUT2D eigenvalue weighted by atomic mass is 19.3. The Labute approximate surface area is 126 Å². The van der Waals surface area contributed by atoms with E-state index in [4.69, 9.17) is 4.74 Å². The first-order chi connectivity index (χ1) is 10.4. The number of hydrogen-bond donors (Lipinski definition) is 1. The van der Waals surface area contributed by atoms with Crippen LogP contribution in [0, 0.1) is 5.41 Å². The lowest BCUT2D eigenvalue weighted by atomic mass is 9.69. The van der Waals surface area contributed by atoms with Gasteiger partial charge in [0.1, 0.15) is 6.61 Å². The lowest BCUT2D eigenvalue weighted by Crippen LogP contribution is -2.72. The van der Waals surface area contributed by atoms with E-state index in [9.17, 15) is 18.4 Å². The number of rotatable bonds is 2. The van der Waals surface area contributed by atoms with Gasteiger partial charge < -0.3 is 15.0 Å². The van der Waals surface area contributed by atoms with Gasteiger partial charge in [-0.1, -0.05) is 30.3 Å². The fourth-order valence-corrected chi connectivity index (χ4v) is 2.90. The molecule has 0 saturated carbocycles. The topological polar surface area (TPSA) is 58.6 Å². The van der Waals surface area contributed by atoms with Gasteiger partial charge in [-0.25, -0.2) is 4.79 Å². The van der Waals surface area contributed by atoms with Crippen molar-refractivity contribution >= 4 is 12.0 Å². The van der Waals surface area contributed by atoms with E-state index in [0.29, 0.717) is 0 Å². The summed E-state index contributed by atoms with van der Waals surface area (Å²) in [4.78, 5) is 24.4. The van der Waals surface area contributed by atoms with E-state index in [0.717, 1.165) is 5.56 Å². The third-order valence-electron chi connectivity index (χ3n) is 4.29. The second kappa shape index (κ2) is 5.23. The third-order valence-corrected chi connectivity index (χ3v) is 4.29. The van der Waals surface area contributed by atoms with Crippen molar-refractivity contribution in [1.29, 1.82) is 0 Å². The van der Waals surface area contributed by atoms with E-state index in [2.05, 4.69) is 5.32 Å². The molecule has 2 aliphatic heterocycles. The Balaban J connectivity index is 1.56. The third kappa shape index (κ3) is 2.30. The Morgan fingerprint density at radius 2 is 1.95 bits per heavy atom. The molecule has 5 nitrogen and oxygen atoms in total. The number of ether oxygens (including phenoxy) is 1. The van der Waals surface area contributed by atoms with Crippen LogP contribution in [0.1, 0.15) is 12.0 Å². The number of alkyl halides is 2. The summed E-state index contributed by atoms with van der Waals surface area (Å²) in [5, 5.41) is 2.16. The molecule has 118 valence electrons. The van der Waals surface area contributed by atoms with Crippen LogP contribution >= 0.6 is 0 Å². The first-order valence-electron chi connectivity index (χ1n) is 7.06. The lowest BCUT2D eigenvalue weighted by molar-refractivity contribution is -0.204. The summed E-state index contributed by atoms with van der Waals surface area (Å²) in [5.41, 5.74) is -0.616. The maximum atomic E-state index is 14.0. The molecule has 2 saturated heterocycles. The van der Waals surface area contributed by atoms with Gasteiger partial charge >= 0.3 is 12.0 Å². The van der Waals surface area contributed by atoms with Crippen molar-refractivity contribution < 1.29 is 23.1 Å². The maximum Gasteiger partial charge on any atom is 0.410 e. The van der Waals surface area contributed by atoms with E-state index in [-0.39, 0.29) is 32.7 Å². The molecule has 0 radical (unpaired) electrons. The van der Waals surface area contributed by atoms with Gasteiger partial charge in [0.25, 0.3) is 5.91 Å². The highest BCUT2D eigenvalue weighted by Crippen LogP contribution is 2.49. The second-order valence-corrected chi connectivity index (χ2v) is 5.76. The van der Waals surface area contributed by atoms with Crippen LogP contribution in [-0.4, -0.2) is 42.5 Å². The van der Waals surface area contributed by atoms with Gasteiger partial charge in [0.15, 0.2) is 0 Å². The molecule has 1 spiro atoms. The molecule has 0 bridgehead atoms. The summed E-state index contributed by atoms with van der Waals surface area (Å²) in [6.45, 7) is 0.00344. The minimum Gasteiger partial charge on any atom is -0.445 e. The molecule has 22 heavy (non-hydrogen) atoms. The molecular formula is C15H16F2N2O3. The molecule has 3 rings (SSSR count). The van der Waals surface area contributed by atoms with Gasteiger partial charge in [-0.15, -0.1) is 0 Å². The molecule has 2 fully saturated rings. The van der Waals surface area contributed by atoms with Crippen molar-refractivity contribution in [1.82, 2.24) is 10.2 Å². The zero-order valence-corrected chi connectivity index (χ0v) is 11.9. The molecular weight excluding hydrogens is 294 g/mol. The van der Waals surface area contributed by atoms with Crippen molar-refractivity contribution in [2.24, 2.45) is 5.41 Å². The first-order valence-corrected chi connectivity index (χ1v) is 7.06. The highest BCUT2D eigenvalue weighted by molar-refractivity contribution is 5.86. The van der Waals surface area contributed by atoms with E-state index in [1.165, 1.54) is 4.90 Å². The van der Waals surface area contributed by atoms with Gasteiger partial charge in [0, 0.05) is 19.6 Å². The maximum absolute atomic E-state index is 14.0. The van der Waals surface area contributed by atoms with Crippen LogP contribution in [0.25, 0.3) is 0 Å². The normalized spacial score (nSPS) is 21.9. The zero-order valence-electron chi connectivity index (χ0n) is 11.9. The number of amides is 2. The molecule has 2 aliphatic rings. The molecule has 0 unspecified atom stereocenters. The van der Waals surface area contributed by atoms with Gasteiger partial charge in [-0.3, -0.25) is 4.79 Å². The quantitative estimate of drug-likeness (QED) is 0.906. The van der Waals surface area contributed by atoms with Gasteiger partial charge in [0.05, 0.1) is 5.41 Å². The molecule has 0 atom stereocenters. The number of benzene rings is 1. The predicted octanol–water partition coefficient (Wildman–Crippen LogP) is 1.78. The number of nitrogens with one attached hydrogen (secondary N) is 1. The summed E-state index contributed by atoms with van der Waals surface area (Å²) in [5.74, 6) is -4.70. The molecule has 2 amide bonds. The first kappa shape index (κ1) is 14.7. The molecule has 1 N–H and O–H groups in total. The number of halogens is 2. The van der Waals surface area contributed by atoms with Gasteiger partial charge in [-0.05, 0) is 12.0 Å². The van der Waals surface area contributed by atoms with Crippen LogP contribution in [0.3, 0.4) is 0 Å². The van der Waals surface area contributed by atoms with Crippen LogP contribution in [0.2, 0.25) is 0 Å². The molecule has 0 aromatic heterocycles. The Bertz CT molecular complexity index is 586. The average molecular weight is 310 g/mol. The van der Waals surface area contributed by atoms with E-state index in [1.54, 1.807) is 0 Å². The molecule has 1 aromatic carbocycles. The number of hydrogen-bond acceptors (Lipinski definition) is 3. The fraction of sp³-hybridized carbons (Fsp3) is 0.467. The largest absolute Gasteiger partial charge is 0.445 e. The minimum atomic E-state index is -3.44. The smallest absolute Gasteiger partial charge is 0.410 e. The summed E-state index contributed by atoms with van der Waals surface area (Å²) in [7, 11) is 0. The fourth-order valence-electron chi connectivity index (χ4n) is 2.90. The summed E-state index contributed by atoms with van der Waals surface area (Å²) in [6.07, 6.45) is -0.468. The SMILES string of the molecule is O=C(OCc1ccccc1)N1CC2(CCNC(=O)C2(F)F)C1. The van der Waals surface area contributed by atoms with Crippen molar-refractivity contribution in [2.75, 3.05) is 19.6 Å². The van der Waals surface area contributed by atoms with Crippen LogP contribution in [0.4, 0.5) is 13.6 Å². The van der Waals surface area contributed by atoms with Gasteiger partial charge in [0.2, 0.25) is 0 Å². The minimum absolute atomic E-state index is 0.0973. The molecule has 1 aromatic rings. The van der Waals surface area contributed by atoms with E-state index >= 15 is 0 Å². The summed E-state index contributed by atoms with van der Waals surface area (Å²) < 4.78 is 33.1. The monoisotopic (exact) mass is 310 g/mol. The van der Waals surface area contributed by atoms with Gasteiger partial charge in [-0.2, -0.15) is 8.78 Å². The molecule has 2 heterocycles. The number of nitrogens with zero attached hydrogens (tertiary/aromatic N) is 1. The Hall–Kier alpha value is -2.18. The van der Waals surface area contributed by atoms with Crippen LogP contribution < -0.4 is 5.32 Å². The van der Waals surface area contributed by atoms with E-state index in [1.807, 2.05) is 30.3 Å². The van der Waals surface area contributed by atoms with Crippen LogP contribution in [0.15, 0.2) is 30.3 Å². The highest BCUT2D eigenvalue weighted by Gasteiger charge is 2.66. The second-order valence-electron chi connectivity index (χ2n) is 5.76. The van der Waals surface area contributed by atoms with Crippen LogP contribution in [-0.2, 0) is 16.1 Å². The zero-order chi connectivity index (χ0) is 15.8. The Morgan fingerprint density at radius 3 is 2.64 bits per heavy atom. The molecule has 0 aliphatic carbocycles. The lowest BCUT2D eigenvalue weighted by Gasteiger charge is -2.53. The Morgan fingerprint density at radius 1 is 1.27 bits per heavy atom. The number of piperidine rings is 1. The number of carbonyl (C=O) groups excluding carboxylic acids is 2. The van der Waals surface area contributed by atoms with Crippen molar-refractivity contribution in [3.05, 3.63) is 35.9 Å². The molecule has 7 heteroatoms. The van der Waals surface area contributed by atoms with E-state index < -0.39 is 23.3 Å². The predicted molar refractivity (Wildman–Crippen MR) is 73.2 cm³/mol. The standard InChI is InChI=1S/C15H16F2N2O3/c16-15(17)12(20)18-7-6-14(15)9-19(10-14)13(21)22-8-11-4-2-1-3-5-11/h1-5H,6-10H2,(H,18,20). The van der Waals surface area contributed by atoms with Crippen molar-refractivity contribution in [3.8, 4) is 0 Å². The average Bonchev–Trinajstić information content (AvgIpc) is 2.46. The van der Waals surface area contributed by atoms with Crippen molar-refractivity contribution in [2.45, 2.75) is 19.0 Å². The Kier molecular flexibility index (Phi) is 3.50. The number of likely N-dealkylation sites (tertiary alicyclic amines) is 1.